The molecule has 2 N–H and O–H groups in total. The van der Waals surface area contributed by atoms with Gasteiger partial charge in [0.15, 0.2) is 5.96 Å². The van der Waals surface area contributed by atoms with Crippen LogP contribution in [0.2, 0.25) is 0 Å². The molecule has 1 heterocycles. The summed E-state index contributed by atoms with van der Waals surface area (Å²) in [5, 5.41) is 6.70. The van der Waals surface area contributed by atoms with Crippen LogP contribution in [-0.2, 0) is 16.0 Å². The van der Waals surface area contributed by atoms with E-state index in [1.54, 1.807) is 0 Å². The lowest BCUT2D eigenvalue weighted by atomic mass is 10.1. The molecule has 0 aliphatic carbocycles. The normalized spacial score (nSPS) is 17.0. The van der Waals surface area contributed by atoms with Gasteiger partial charge in [0, 0.05) is 37.8 Å². The van der Waals surface area contributed by atoms with Crippen molar-refractivity contribution in [3.05, 3.63) is 29.8 Å². The zero-order valence-corrected chi connectivity index (χ0v) is 18.4. The molecule has 1 aromatic carbocycles. The molecule has 1 atom stereocenters. The predicted molar refractivity (Wildman–Crippen MR) is 119 cm³/mol. The standard InChI is InChI=1S/C23H39N3O3/c1-4-24-23(25-12-7-13-27-17-20-11-14-28-18-20)26-16-21-8-5-6-9-22(21)29-15-10-19(2)3/h5-6,8-9,19-20H,4,7,10-18H2,1-3H3,(H2,24,25,26). The maximum atomic E-state index is 5.97. The summed E-state index contributed by atoms with van der Waals surface area (Å²) in [5.74, 6) is 2.97. The van der Waals surface area contributed by atoms with E-state index in [1.165, 1.54) is 0 Å². The van der Waals surface area contributed by atoms with Crippen molar-refractivity contribution in [2.45, 2.75) is 46.6 Å². The van der Waals surface area contributed by atoms with Crippen LogP contribution < -0.4 is 15.4 Å². The number of hydrogen-bond acceptors (Lipinski definition) is 4. The minimum absolute atomic E-state index is 0.574. The average Bonchev–Trinajstić information content (AvgIpc) is 3.22. The second-order valence-electron chi connectivity index (χ2n) is 7.92. The molecule has 0 bridgehead atoms. The van der Waals surface area contributed by atoms with Crippen LogP contribution in [0.1, 0.15) is 45.6 Å². The summed E-state index contributed by atoms with van der Waals surface area (Å²) < 4.78 is 17.1. The highest BCUT2D eigenvalue weighted by atomic mass is 16.5. The van der Waals surface area contributed by atoms with Crippen molar-refractivity contribution in [3.63, 3.8) is 0 Å². The highest BCUT2D eigenvalue weighted by Gasteiger charge is 2.15. The van der Waals surface area contributed by atoms with Crippen molar-refractivity contribution >= 4 is 5.96 Å². The quantitative estimate of drug-likeness (QED) is 0.298. The van der Waals surface area contributed by atoms with Crippen LogP contribution >= 0.6 is 0 Å². The summed E-state index contributed by atoms with van der Waals surface area (Å²) in [7, 11) is 0. The van der Waals surface area contributed by atoms with Gasteiger partial charge in [0.1, 0.15) is 5.75 Å². The molecule has 0 spiro atoms. The Kier molecular flexibility index (Phi) is 11.5. The van der Waals surface area contributed by atoms with Gasteiger partial charge in [-0.3, -0.25) is 0 Å². The first-order chi connectivity index (χ1) is 14.2. The predicted octanol–water partition coefficient (Wildman–Crippen LogP) is 3.61. The molecule has 29 heavy (non-hydrogen) atoms. The fourth-order valence-electron chi connectivity index (χ4n) is 3.03. The summed E-state index contributed by atoms with van der Waals surface area (Å²) in [5.41, 5.74) is 1.11. The zero-order chi connectivity index (χ0) is 20.7. The molecule has 1 fully saturated rings. The molecule has 0 saturated carbocycles. The van der Waals surface area contributed by atoms with E-state index in [-0.39, 0.29) is 0 Å². The van der Waals surface area contributed by atoms with Crippen molar-refractivity contribution in [1.29, 1.82) is 0 Å². The van der Waals surface area contributed by atoms with Crippen LogP contribution in [0.25, 0.3) is 0 Å². The second-order valence-corrected chi connectivity index (χ2v) is 7.92. The average molecular weight is 406 g/mol. The maximum absolute atomic E-state index is 5.97. The van der Waals surface area contributed by atoms with Gasteiger partial charge in [-0.25, -0.2) is 4.99 Å². The molecule has 0 aromatic heterocycles. The Bertz CT molecular complexity index is 586. The van der Waals surface area contributed by atoms with Gasteiger partial charge in [0.05, 0.1) is 26.4 Å². The van der Waals surface area contributed by atoms with E-state index in [9.17, 15) is 0 Å². The number of aliphatic imine (C=N–C) groups is 1. The second kappa shape index (κ2) is 14.2. The molecule has 0 amide bonds. The Morgan fingerprint density at radius 1 is 1.24 bits per heavy atom. The number of nitrogens with one attached hydrogen (secondary N) is 2. The van der Waals surface area contributed by atoms with Crippen LogP contribution in [0.3, 0.4) is 0 Å². The Morgan fingerprint density at radius 2 is 2.10 bits per heavy atom. The minimum Gasteiger partial charge on any atom is -0.493 e. The van der Waals surface area contributed by atoms with E-state index in [0.29, 0.717) is 18.4 Å². The topological polar surface area (TPSA) is 64.1 Å². The molecule has 1 unspecified atom stereocenters. The molecule has 1 aliphatic rings. The van der Waals surface area contributed by atoms with Gasteiger partial charge in [-0.1, -0.05) is 32.0 Å². The third-order valence-corrected chi connectivity index (χ3v) is 4.81. The Hall–Kier alpha value is -1.79. The molecular formula is C23H39N3O3. The largest absolute Gasteiger partial charge is 0.493 e. The molecule has 6 heteroatoms. The number of nitrogens with zero attached hydrogens (tertiary/aromatic N) is 1. The van der Waals surface area contributed by atoms with Crippen LogP contribution in [0.5, 0.6) is 5.75 Å². The number of rotatable bonds is 13. The monoisotopic (exact) mass is 405 g/mol. The van der Waals surface area contributed by atoms with E-state index >= 15 is 0 Å². The Balaban J connectivity index is 1.73. The number of hydrogen-bond donors (Lipinski definition) is 2. The van der Waals surface area contributed by atoms with Crippen molar-refractivity contribution in [3.8, 4) is 5.75 Å². The summed E-state index contributed by atoms with van der Waals surface area (Å²) >= 11 is 0. The van der Waals surface area contributed by atoms with Crippen LogP contribution in [0.4, 0.5) is 0 Å². The van der Waals surface area contributed by atoms with Crippen molar-refractivity contribution in [1.82, 2.24) is 10.6 Å². The fraction of sp³-hybridized carbons (Fsp3) is 0.696. The van der Waals surface area contributed by atoms with Gasteiger partial charge >= 0.3 is 0 Å². The van der Waals surface area contributed by atoms with Crippen molar-refractivity contribution < 1.29 is 14.2 Å². The van der Waals surface area contributed by atoms with E-state index in [4.69, 9.17) is 19.2 Å². The molecule has 2 rings (SSSR count). The van der Waals surface area contributed by atoms with Gasteiger partial charge in [0.25, 0.3) is 0 Å². The third kappa shape index (κ3) is 9.99. The smallest absolute Gasteiger partial charge is 0.191 e. The summed E-state index contributed by atoms with van der Waals surface area (Å²) in [4.78, 5) is 4.73. The van der Waals surface area contributed by atoms with Gasteiger partial charge in [-0.05, 0) is 38.2 Å². The molecule has 164 valence electrons. The van der Waals surface area contributed by atoms with E-state index in [2.05, 4.69) is 37.5 Å². The lowest BCUT2D eigenvalue weighted by Gasteiger charge is -2.14. The van der Waals surface area contributed by atoms with E-state index < -0.39 is 0 Å². The number of benzene rings is 1. The van der Waals surface area contributed by atoms with E-state index in [1.807, 2.05) is 18.2 Å². The lowest BCUT2D eigenvalue weighted by molar-refractivity contribution is 0.0888. The molecule has 0 radical (unpaired) electrons. The van der Waals surface area contributed by atoms with Crippen molar-refractivity contribution in [2.24, 2.45) is 16.8 Å². The molecule has 1 saturated heterocycles. The van der Waals surface area contributed by atoms with Crippen LogP contribution in [-0.4, -0.2) is 52.1 Å². The van der Waals surface area contributed by atoms with Gasteiger partial charge in [0.2, 0.25) is 0 Å². The first-order valence-corrected chi connectivity index (χ1v) is 11.1. The Labute approximate surface area is 176 Å². The first kappa shape index (κ1) is 23.5. The number of ether oxygens (including phenoxy) is 3. The van der Waals surface area contributed by atoms with Gasteiger partial charge in [-0.15, -0.1) is 0 Å². The minimum atomic E-state index is 0.574. The van der Waals surface area contributed by atoms with Crippen molar-refractivity contribution in [2.75, 3.05) is 46.1 Å². The number of guanidine groups is 1. The highest BCUT2D eigenvalue weighted by molar-refractivity contribution is 5.79. The lowest BCUT2D eigenvalue weighted by Crippen LogP contribution is -2.38. The number of para-hydroxylation sites is 1. The highest BCUT2D eigenvalue weighted by Crippen LogP contribution is 2.19. The molecule has 6 nitrogen and oxygen atoms in total. The van der Waals surface area contributed by atoms with Crippen LogP contribution in [0.15, 0.2) is 29.3 Å². The first-order valence-electron chi connectivity index (χ1n) is 11.1. The van der Waals surface area contributed by atoms with Gasteiger partial charge < -0.3 is 24.8 Å². The molecule has 1 aromatic rings. The van der Waals surface area contributed by atoms with Crippen LogP contribution in [0, 0.1) is 11.8 Å². The fourth-order valence-corrected chi connectivity index (χ4v) is 3.03. The SMILES string of the molecule is CCNC(=NCc1ccccc1OCCC(C)C)NCCCOCC1CCOC1. The van der Waals surface area contributed by atoms with Gasteiger partial charge in [-0.2, -0.15) is 0 Å². The maximum Gasteiger partial charge on any atom is 0.191 e. The zero-order valence-electron chi connectivity index (χ0n) is 18.4. The summed E-state index contributed by atoms with van der Waals surface area (Å²) in [6.07, 6.45) is 3.13. The summed E-state index contributed by atoms with van der Waals surface area (Å²) in [6, 6.07) is 8.16. The Morgan fingerprint density at radius 3 is 2.86 bits per heavy atom. The van der Waals surface area contributed by atoms with E-state index in [0.717, 1.165) is 82.7 Å². The molecule has 1 aliphatic heterocycles. The third-order valence-electron chi connectivity index (χ3n) is 4.81. The summed E-state index contributed by atoms with van der Waals surface area (Å²) in [6.45, 7) is 12.8. The molecular weight excluding hydrogens is 366 g/mol.